The van der Waals surface area contributed by atoms with Crippen molar-refractivity contribution in [1.82, 2.24) is 24.8 Å². The van der Waals surface area contributed by atoms with Crippen LogP contribution in [0.4, 0.5) is 31.8 Å². The van der Waals surface area contributed by atoms with Gasteiger partial charge in [-0.05, 0) is 25.2 Å². The summed E-state index contributed by atoms with van der Waals surface area (Å²) in [6.07, 6.45) is 2.66. The van der Waals surface area contributed by atoms with Crippen LogP contribution in [0.25, 0.3) is 22.2 Å². The normalized spacial score (nSPS) is 14.7. The summed E-state index contributed by atoms with van der Waals surface area (Å²) in [5.41, 5.74) is 2.05. The number of hydrogen-bond acceptors (Lipinski definition) is 10. The number of carbonyl (C=O) groups excluding carboxylic acids is 1. The molecule has 1 aliphatic heterocycles. The van der Waals surface area contributed by atoms with E-state index in [1.54, 1.807) is 44.6 Å². The Morgan fingerprint density at radius 3 is 2.59 bits per heavy atom. The van der Waals surface area contributed by atoms with E-state index < -0.39 is 17.7 Å². The number of amides is 1. The summed E-state index contributed by atoms with van der Waals surface area (Å²) in [6.45, 7) is 3.51. The second-order valence-corrected chi connectivity index (χ2v) is 11.2. The second-order valence-electron chi connectivity index (χ2n) is 10.1. The van der Waals surface area contributed by atoms with E-state index in [0.717, 1.165) is 44.6 Å². The molecule has 0 spiro atoms. The Morgan fingerprint density at radius 2 is 1.86 bits per heavy atom. The molecule has 0 saturated carbocycles. The molecule has 1 fully saturated rings. The molecule has 1 atom stereocenters. The van der Waals surface area contributed by atoms with E-state index in [2.05, 4.69) is 42.4 Å². The van der Waals surface area contributed by atoms with Gasteiger partial charge >= 0.3 is 0 Å². The highest BCUT2D eigenvalue weighted by Gasteiger charge is 2.29. The molecule has 44 heavy (non-hydrogen) atoms. The highest BCUT2D eigenvalue weighted by atomic mass is 32.2. The number of piperazine rings is 1. The van der Waals surface area contributed by atoms with Crippen LogP contribution in [0.15, 0.2) is 48.8 Å². The van der Waals surface area contributed by atoms with Crippen molar-refractivity contribution in [3.63, 3.8) is 0 Å². The molecule has 0 radical (unpaired) electrons. The number of ether oxygens (including phenoxy) is 1. The van der Waals surface area contributed by atoms with Gasteiger partial charge in [0.15, 0.2) is 11.6 Å². The van der Waals surface area contributed by atoms with Gasteiger partial charge in [-0.15, -0.1) is 0 Å². The van der Waals surface area contributed by atoms with E-state index in [-0.39, 0.29) is 49.0 Å². The standard InChI is InChI=1S/C29H34F2N8O3S.H2S/c1-37-11-13-39(14-12-37)24(17-41-3)28(40)34-22-9-5-7-18-19(15-32-27(18)22)26-20(30)16-33-29(36-26)35-21-8-6-10-23(25(21)31)38(2)43-42-4;/h5-10,15-16,24,32H,11-14,17H2,1-4H3,(H,34,40)(H,33,35,36);1H2. The summed E-state index contributed by atoms with van der Waals surface area (Å²) in [7, 11) is 6.80. The molecule has 0 bridgehead atoms. The van der Waals surface area contributed by atoms with E-state index >= 15 is 8.78 Å². The molecule has 4 aromatic rings. The first-order chi connectivity index (χ1) is 20.8. The zero-order valence-corrected chi connectivity index (χ0v) is 26.7. The smallest absolute Gasteiger partial charge is 0.244 e. The molecule has 2 aromatic carbocycles. The largest absolute Gasteiger partial charge is 0.383 e. The van der Waals surface area contributed by atoms with E-state index in [4.69, 9.17) is 8.92 Å². The lowest BCUT2D eigenvalue weighted by atomic mass is 10.1. The van der Waals surface area contributed by atoms with E-state index in [9.17, 15) is 4.79 Å². The lowest BCUT2D eigenvalue weighted by molar-refractivity contribution is -0.124. The van der Waals surface area contributed by atoms with Gasteiger partial charge in [0.25, 0.3) is 0 Å². The van der Waals surface area contributed by atoms with Crippen LogP contribution in [0.3, 0.4) is 0 Å². The number of hydrogen-bond donors (Lipinski definition) is 3. The number of nitrogens with one attached hydrogen (secondary N) is 3. The molecular formula is C29H36F2N8O3S2. The number of nitrogens with zero attached hydrogens (tertiary/aromatic N) is 5. The van der Waals surface area contributed by atoms with Gasteiger partial charge in [-0.1, -0.05) is 18.2 Å². The number of methoxy groups -OCH3 is 1. The van der Waals surface area contributed by atoms with Gasteiger partial charge in [-0.3, -0.25) is 18.2 Å². The van der Waals surface area contributed by atoms with Crippen LogP contribution in [0.1, 0.15) is 0 Å². The zero-order valence-electron chi connectivity index (χ0n) is 24.9. The van der Waals surface area contributed by atoms with Gasteiger partial charge in [0, 0.05) is 57.5 Å². The molecule has 1 amide bonds. The minimum atomic E-state index is -0.651. The van der Waals surface area contributed by atoms with Crippen molar-refractivity contribution < 1.29 is 22.5 Å². The Bertz CT molecular complexity index is 1590. The number of aromatic amines is 1. The third-order valence-corrected chi connectivity index (χ3v) is 7.90. The van der Waals surface area contributed by atoms with Crippen LogP contribution < -0.4 is 14.9 Å². The first-order valence-electron chi connectivity index (χ1n) is 13.7. The molecule has 3 heterocycles. The fourth-order valence-corrected chi connectivity index (χ4v) is 5.50. The second kappa shape index (κ2) is 15.0. The summed E-state index contributed by atoms with van der Waals surface area (Å²) in [5, 5.41) is 6.54. The zero-order chi connectivity index (χ0) is 30.5. The molecular weight excluding hydrogens is 611 g/mol. The highest BCUT2D eigenvalue weighted by Crippen LogP contribution is 2.34. The molecule has 0 aliphatic carbocycles. The van der Waals surface area contributed by atoms with Crippen LogP contribution >= 0.6 is 25.7 Å². The molecule has 1 unspecified atom stereocenters. The van der Waals surface area contributed by atoms with Crippen LogP contribution in [-0.4, -0.2) is 97.8 Å². The maximum absolute atomic E-state index is 15.2. The summed E-state index contributed by atoms with van der Waals surface area (Å²) < 4.78 is 42.3. The molecule has 5 rings (SSSR count). The summed E-state index contributed by atoms with van der Waals surface area (Å²) in [5.74, 6) is -1.36. The number of rotatable bonds is 11. The van der Waals surface area contributed by atoms with Gasteiger partial charge in [0.1, 0.15) is 24.0 Å². The number of fused-ring (bicyclic) bond motifs is 1. The van der Waals surface area contributed by atoms with E-state index in [1.165, 1.54) is 17.5 Å². The number of anilines is 4. The van der Waals surface area contributed by atoms with Crippen molar-refractivity contribution in [3.05, 3.63) is 60.4 Å². The quantitative estimate of drug-likeness (QED) is 0.158. The van der Waals surface area contributed by atoms with Crippen molar-refractivity contribution in [2.24, 2.45) is 0 Å². The van der Waals surface area contributed by atoms with Gasteiger partial charge in [0.2, 0.25) is 11.9 Å². The topological polar surface area (TPSA) is 111 Å². The van der Waals surface area contributed by atoms with Crippen LogP contribution in [0.2, 0.25) is 0 Å². The monoisotopic (exact) mass is 646 g/mol. The van der Waals surface area contributed by atoms with Gasteiger partial charge in [-0.2, -0.15) is 13.5 Å². The average Bonchev–Trinajstić information content (AvgIpc) is 3.43. The Labute approximate surface area is 266 Å². The maximum atomic E-state index is 15.2. The minimum absolute atomic E-state index is 0. The highest BCUT2D eigenvalue weighted by molar-refractivity contribution is 7.96. The fraction of sp³-hybridized carbons (Fsp3) is 0.345. The first-order valence-corrected chi connectivity index (χ1v) is 14.4. The number of carbonyl (C=O) groups is 1. The van der Waals surface area contributed by atoms with Crippen molar-refractivity contribution in [3.8, 4) is 11.3 Å². The van der Waals surface area contributed by atoms with E-state index in [0.29, 0.717) is 22.2 Å². The Morgan fingerprint density at radius 1 is 1.14 bits per heavy atom. The summed E-state index contributed by atoms with van der Waals surface area (Å²) in [6, 6.07) is 9.74. The predicted octanol–water partition coefficient (Wildman–Crippen LogP) is 4.61. The molecule has 1 aliphatic rings. The summed E-state index contributed by atoms with van der Waals surface area (Å²) in [4.78, 5) is 29.3. The maximum Gasteiger partial charge on any atom is 0.244 e. The van der Waals surface area contributed by atoms with Crippen molar-refractivity contribution >= 4 is 65.5 Å². The number of halogens is 2. The number of benzene rings is 2. The molecule has 2 aromatic heterocycles. The fourth-order valence-electron chi connectivity index (χ4n) is 5.06. The molecule has 236 valence electrons. The first kappa shape index (κ1) is 33.4. The molecule has 15 heteroatoms. The Hall–Kier alpha value is -3.47. The number of likely N-dealkylation sites (N-methyl/N-ethyl adjacent to an activating group) is 1. The predicted molar refractivity (Wildman–Crippen MR) is 176 cm³/mol. The molecule has 1 saturated heterocycles. The minimum Gasteiger partial charge on any atom is -0.383 e. The van der Waals surface area contributed by atoms with Gasteiger partial charge in [-0.25, -0.2) is 18.7 Å². The molecule has 11 nitrogen and oxygen atoms in total. The Balaban J connectivity index is 0.00000442. The van der Waals surface area contributed by atoms with Crippen LogP contribution in [0.5, 0.6) is 0 Å². The van der Waals surface area contributed by atoms with Crippen molar-refractivity contribution in [1.29, 1.82) is 0 Å². The third-order valence-electron chi connectivity index (χ3n) is 7.33. The van der Waals surface area contributed by atoms with Gasteiger partial charge in [0.05, 0.1) is 42.5 Å². The summed E-state index contributed by atoms with van der Waals surface area (Å²) >= 11 is 0.978. The Kier molecular flexibility index (Phi) is 11.4. The third kappa shape index (κ3) is 7.25. The molecule has 3 N–H and O–H groups in total. The SMILES string of the molecule is COCC(C(=O)Nc1cccc2c(-c3nc(Nc4cccc(N(C)SOC)c4F)ncc3F)c[nH]c12)N1CCN(C)CC1.S. The van der Waals surface area contributed by atoms with Crippen molar-refractivity contribution in [2.75, 3.05) is 76.0 Å². The van der Waals surface area contributed by atoms with Gasteiger partial charge < -0.3 is 25.3 Å². The number of H-pyrrole nitrogens is 1. The van der Waals surface area contributed by atoms with Crippen LogP contribution in [-0.2, 0) is 13.7 Å². The van der Waals surface area contributed by atoms with Crippen LogP contribution in [0, 0.1) is 11.6 Å². The number of para-hydroxylation sites is 1. The lowest BCUT2D eigenvalue weighted by Crippen LogP contribution is -2.54. The average molecular weight is 647 g/mol. The lowest BCUT2D eigenvalue weighted by Gasteiger charge is -2.36. The van der Waals surface area contributed by atoms with Crippen molar-refractivity contribution in [2.45, 2.75) is 6.04 Å². The number of aromatic nitrogens is 3. The van der Waals surface area contributed by atoms with E-state index in [1.807, 2.05) is 6.07 Å².